The lowest BCUT2D eigenvalue weighted by Crippen LogP contribution is -2.43. The monoisotopic (exact) mass is 257 g/mol. The van der Waals surface area contributed by atoms with Crippen molar-refractivity contribution in [1.29, 1.82) is 0 Å². The zero-order valence-corrected chi connectivity index (χ0v) is 10.5. The summed E-state index contributed by atoms with van der Waals surface area (Å²) in [5.74, 6) is 1.67. The highest BCUT2D eigenvalue weighted by Gasteiger charge is 2.44. The standard InChI is InChI=1S/C13H23NO4/c15-6-11-13(17)12(16)10(18-11)5-14-9-4-7-1-2-8(9)3-7/h7-17H,1-6H2/t7-,8-,9-,10-,11-,12-,13-/m1/s1. The van der Waals surface area contributed by atoms with E-state index >= 15 is 0 Å². The van der Waals surface area contributed by atoms with Crippen molar-refractivity contribution in [3.63, 3.8) is 0 Å². The van der Waals surface area contributed by atoms with Crippen molar-refractivity contribution < 1.29 is 20.1 Å². The summed E-state index contributed by atoms with van der Waals surface area (Å²) in [6, 6.07) is 0.546. The summed E-state index contributed by atoms with van der Waals surface area (Å²) in [5.41, 5.74) is 0. The molecule has 2 aliphatic carbocycles. The Morgan fingerprint density at radius 1 is 1.06 bits per heavy atom. The van der Waals surface area contributed by atoms with Crippen molar-refractivity contribution in [2.24, 2.45) is 11.8 Å². The van der Waals surface area contributed by atoms with Gasteiger partial charge in [-0.2, -0.15) is 0 Å². The second kappa shape index (κ2) is 5.06. The minimum Gasteiger partial charge on any atom is -0.394 e. The van der Waals surface area contributed by atoms with Crippen LogP contribution in [0.3, 0.4) is 0 Å². The number of fused-ring (bicyclic) bond motifs is 2. The third kappa shape index (κ3) is 2.18. The van der Waals surface area contributed by atoms with Gasteiger partial charge in [0.1, 0.15) is 18.3 Å². The Hall–Kier alpha value is -0.200. The second-order valence-electron chi connectivity index (χ2n) is 6.07. The smallest absolute Gasteiger partial charge is 0.111 e. The maximum Gasteiger partial charge on any atom is 0.111 e. The summed E-state index contributed by atoms with van der Waals surface area (Å²) in [6.07, 6.45) is 2.35. The molecule has 1 saturated heterocycles. The van der Waals surface area contributed by atoms with E-state index < -0.39 is 24.4 Å². The van der Waals surface area contributed by atoms with Crippen LogP contribution in [0, 0.1) is 11.8 Å². The van der Waals surface area contributed by atoms with Gasteiger partial charge in [-0.1, -0.05) is 6.42 Å². The van der Waals surface area contributed by atoms with Crippen molar-refractivity contribution in [1.82, 2.24) is 5.32 Å². The van der Waals surface area contributed by atoms with Crippen LogP contribution < -0.4 is 5.32 Å². The normalized spacial score (nSPS) is 51.2. The zero-order chi connectivity index (χ0) is 12.7. The number of aliphatic hydroxyl groups is 3. The number of rotatable bonds is 4. The van der Waals surface area contributed by atoms with Gasteiger partial charge >= 0.3 is 0 Å². The van der Waals surface area contributed by atoms with Gasteiger partial charge in [0.2, 0.25) is 0 Å². The molecule has 2 bridgehead atoms. The van der Waals surface area contributed by atoms with Gasteiger partial charge < -0.3 is 25.4 Å². The second-order valence-corrected chi connectivity index (χ2v) is 6.07. The molecular formula is C13H23NO4. The van der Waals surface area contributed by atoms with Crippen LogP contribution in [-0.2, 0) is 4.74 Å². The summed E-state index contributed by atoms with van der Waals surface area (Å²) in [5, 5.41) is 32.0. The van der Waals surface area contributed by atoms with E-state index in [0.29, 0.717) is 12.6 Å². The maximum atomic E-state index is 9.84. The van der Waals surface area contributed by atoms with E-state index in [4.69, 9.17) is 9.84 Å². The number of hydrogen-bond acceptors (Lipinski definition) is 5. The average Bonchev–Trinajstić information content (AvgIpc) is 3.05. The Bertz CT molecular complexity index is 301. The summed E-state index contributed by atoms with van der Waals surface area (Å²) < 4.78 is 5.46. The predicted octanol–water partition coefficient (Wildman–Crippen LogP) is -0.754. The molecule has 2 saturated carbocycles. The lowest BCUT2D eigenvalue weighted by atomic mass is 9.95. The van der Waals surface area contributed by atoms with Crippen LogP contribution in [0.1, 0.15) is 25.7 Å². The SMILES string of the molecule is OC[C@H]1O[C@H](CN[C@@H]2C[C@@H]3CC[C@@H]2C3)[C@@H](O)[C@@H]1O. The number of aliphatic hydroxyl groups excluding tert-OH is 3. The van der Waals surface area contributed by atoms with E-state index in [2.05, 4.69) is 5.32 Å². The molecule has 5 nitrogen and oxygen atoms in total. The van der Waals surface area contributed by atoms with Crippen molar-refractivity contribution in [2.45, 2.75) is 56.1 Å². The Morgan fingerprint density at radius 3 is 2.39 bits per heavy atom. The van der Waals surface area contributed by atoms with E-state index in [1.54, 1.807) is 0 Å². The first-order valence-electron chi connectivity index (χ1n) is 7.05. The lowest BCUT2D eigenvalue weighted by molar-refractivity contribution is -0.0222. The molecule has 3 rings (SSSR count). The topological polar surface area (TPSA) is 82.0 Å². The molecule has 7 atom stereocenters. The molecule has 0 amide bonds. The fourth-order valence-corrected chi connectivity index (χ4v) is 3.91. The van der Waals surface area contributed by atoms with Crippen molar-refractivity contribution >= 4 is 0 Å². The molecule has 3 aliphatic rings. The third-order valence-electron chi connectivity index (χ3n) is 4.96. The van der Waals surface area contributed by atoms with E-state index in [-0.39, 0.29) is 6.61 Å². The van der Waals surface area contributed by atoms with Gasteiger partial charge in [-0.15, -0.1) is 0 Å². The summed E-state index contributed by atoms with van der Waals surface area (Å²) in [7, 11) is 0. The highest BCUT2D eigenvalue weighted by atomic mass is 16.6. The van der Waals surface area contributed by atoms with Crippen LogP contribution in [-0.4, -0.2) is 58.9 Å². The molecule has 1 aliphatic heterocycles. The predicted molar refractivity (Wildman–Crippen MR) is 65.0 cm³/mol. The van der Waals surface area contributed by atoms with E-state index in [9.17, 15) is 10.2 Å². The van der Waals surface area contributed by atoms with Crippen LogP contribution in [0.25, 0.3) is 0 Å². The molecular weight excluding hydrogens is 234 g/mol. The van der Waals surface area contributed by atoms with Crippen molar-refractivity contribution in [3.8, 4) is 0 Å². The van der Waals surface area contributed by atoms with Gasteiger partial charge in [0, 0.05) is 12.6 Å². The highest BCUT2D eigenvalue weighted by molar-refractivity contribution is 4.96. The molecule has 18 heavy (non-hydrogen) atoms. The molecule has 5 heteroatoms. The number of nitrogens with one attached hydrogen (secondary N) is 1. The Labute approximate surface area is 107 Å². The molecule has 0 aromatic carbocycles. The largest absolute Gasteiger partial charge is 0.394 e. The molecule has 4 N–H and O–H groups in total. The molecule has 0 aromatic heterocycles. The summed E-state index contributed by atoms with van der Waals surface area (Å²) in [4.78, 5) is 0. The molecule has 0 spiro atoms. The van der Waals surface area contributed by atoms with Gasteiger partial charge in [0.25, 0.3) is 0 Å². The van der Waals surface area contributed by atoms with E-state index in [1.807, 2.05) is 0 Å². The molecule has 104 valence electrons. The fourth-order valence-electron chi connectivity index (χ4n) is 3.91. The highest BCUT2D eigenvalue weighted by Crippen LogP contribution is 2.44. The molecule has 0 unspecified atom stereocenters. The lowest BCUT2D eigenvalue weighted by Gasteiger charge is -2.25. The van der Waals surface area contributed by atoms with Crippen LogP contribution in [0.5, 0.6) is 0 Å². The van der Waals surface area contributed by atoms with Gasteiger partial charge in [0.05, 0.1) is 12.7 Å². The van der Waals surface area contributed by atoms with Crippen LogP contribution in [0.2, 0.25) is 0 Å². The molecule has 1 heterocycles. The van der Waals surface area contributed by atoms with Gasteiger partial charge in [0.15, 0.2) is 0 Å². The van der Waals surface area contributed by atoms with Crippen LogP contribution in [0.4, 0.5) is 0 Å². The van der Waals surface area contributed by atoms with Crippen molar-refractivity contribution in [3.05, 3.63) is 0 Å². The zero-order valence-electron chi connectivity index (χ0n) is 10.5. The third-order valence-corrected chi connectivity index (χ3v) is 4.96. The first-order valence-corrected chi connectivity index (χ1v) is 7.05. The van der Waals surface area contributed by atoms with E-state index in [0.717, 1.165) is 11.8 Å². The Balaban J connectivity index is 1.49. The summed E-state index contributed by atoms with van der Waals surface area (Å²) >= 11 is 0. The number of hydrogen-bond donors (Lipinski definition) is 4. The minimum atomic E-state index is -0.971. The summed E-state index contributed by atoms with van der Waals surface area (Å²) in [6.45, 7) is 0.311. The first-order chi connectivity index (χ1) is 8.69. The molecule has 0 radical (unpaired) electrons. The fraction of sp³-hybridized carbons (Fsp3) is 1.00. The average molecular weight is 257 g/mol. The van der Waals surface area contributed by atoms with Gasteiger partial charge in [-0.05, 0) is 31.1 Å². The van der Waals surface area contributed by atoms with Gasteiger partial charge in [-0.25, -0.2) is 0 Å². The Kier molecular flexibility index (Phi) is 3.60. The molecule has 3 fully saturated rings. The molecule has 0 aromatic rings. The minimum absolute atomic E-state index is 0.247. The first kappa shape index (κ1) is 12.8. The van der Waals surface area contributed by atoms with Crippen LogP contribution >= 0.6 is 0 Å². The van der Waals surface area contributed by atoms with Crippen molar-refractivity contribution in [2.75, 3.05) is 13.2 Å². The van der Waals surface area contributed by atoms with Crippen LogP contribution in [0.15, 0.2) is 0 Å². The maximum absolute atomic E-state index is 9.84. The Morgan fingerprint density at radius 2 is 1.83 bits per heavy atom. The van der Waals surface area contributed by atoms with E-state index in [1.165, 1.54) is 25.7 Å². The quantitative estimate of drug-likeness (QED) is 0.532. The van der Waals surface area contributed by atoms with Gasteiger partial charge in [-0.3, -0.25) is 0 Å². The number of ether oxygens (including phenoxy) is 1.